The molecular formula is C13H21B. The lowest BCUT2D eigenvalue weighted by Crippen LogP contribution is -2.10. The Labute approximate surface area is 88.9 Å². The third kappa shape index (κ3) is 3.21. The molecule has 0 aromatic carbocycles. The van der Waals surface area contributed by atoms with E-state index < -0.39 is 0 Å². The van der Waals surface area contributed by atoms with Gasteiger partial charge in [0, 0.05) is 0 Å². The highest BCUT2D eigenvalue weighted by Gasteiger charge is 2.12. The van der Waals surface area contributed by atoms with Gasteiger partial charge in [-0.2, -0.15) is 0 Å². The van der Waals surface area contributed by atoms with E-state index in [9.17, 15) is 0 Å². The zero-order chi connectivity index (χ0) is 10.4. The van der Waals surface area contributed by atoms with Gasteiger partial charge in [0.15, 0.2) is 0 Å². The molecule has 1 rings (SSSR count). The summed E-state index contributed by atoms with van der Waals surface area (Å²) in [7, 11) is 0. The van der Waals surface area contributed by atoms with E-state index in [1.807, 2.05) is 0 Å². The zero-order valence-corrected chi connectivity index (χ0v) is 9.72. The first-order chi connectivity index (χ1) is 6.77. The summed E-state index contributed by atoms with van der Waals surface area (Å²) >= 11 is 0. The Balaban J connectivity index is 2.66. The lowest BCUT2D eigenvalue weighted by Gasteiger charge is -2.12. The molecule has 0 aromatic heterocycles. The summed E-state index contributed by atoms with van der Waals surface area (Å²) in [5.74, 6) is 0. The van der Waals surface area contributed by atoms with Crippen LogP contribution in [0.4, 0.5) is 0 Å². The van der Waals surface area contributed by atoms with Crippen LogP contribution >= 0.6 is 0 Å². The van der Waals surface area contributed by atoms with Crippen LogP contribution in [0.5, 0.6) is 0 Å². The molecule has 0 nitrogen and oxygen atoms in total. The second-order valence-electron chi connectivity index (χ2n) is 4.16. The summed E-state index contributed by atoms with van der Waals surface area (Å²) in [4.78, 5) is 0. The van der Waals surface area contributed by atoms with Crippen LogP contribution in [-0.2, 0) is 0 Å². The highest BCUT2D eigenvalue weighted by atomic mass is 14.0. The Kier molecular flexibility index (Phi) is 4.79. The standard InChI is InChI=1S/C13H21B/c1-4-14(5-2)11-13-10-8-6-7-9-12(13)3/h6-9H,4-5,10-11H2,1-3H3. The third-order valence-corrected chi connectivity index (χ3v) is 3.21. The molecule has 0 N–H and O–H groups in total. The lowest BCUT2D eigenvalue weighted by atomic mass is 9.42. The molecule has 0 spiro atoms. The molecule has 0 fully saturated rings. The van der Waals surface area contributed by atoms with Crippen LogP contribution in [-0.4, -0.2) is 6.71 Å². The molecule has 1 heteroatoms. The van der Waals surface area contributed by atoms with Gasteiger partial charge < -0.3 is 0 Å². The van der Waals surface area contributed by atoms with Gasteiger partial charge in [0.1, 0.15) is 6.71 Å². The topological polar surface area (TPSA) is 0 Å². The van der Waals surface area contributed by atoms with E-state index >= 15 is 0 Å². The molecule has 1 aliphatic carbocycles. The van der Waals surface area contributed by atoms with Crippen molar-refractivity contribution < 1.29 is 0 Å². The molecule has 0 amide bonds. The molecule has 0 bridgehead atoms. The van der Waals surface area contributed by atoms with Crippen molar-refractivity contribution in [1.82, 2.24) is 0 Å². The van der Waals surface area contributed by atoms with E-state index in [0.717, 1.165) is 13.1 Å². The fourth-order valence-corrected chi connectivity index (χ4v) is 1.94. The van der Waals surface area contributed by atoms with Gasteiger partial charge in [-0.3, -0.25) is 0 Å². The normalized spacial score (nSPS) is 15.9. The smallest absolute Gasteiger partial charge is 0.0805 e. The molecule has 0 aromatic rings. The maximum atomic E-state index is 2.30. The van der Waals surface area contributed by atoms with E-state index in [1.54, 1.807) is 5.57 Å². The lowest BCUT2D eigenvalue weighted by molar-refractivity contribution is 1.13. The average Bonchev–Trinajstić information content (AvgIpc) is 2.40. The van der Waals surface area contributed by atoms with Crippen LogP contribution in [0.2, 0.25) is 19.0 Å². The third-order valence-electron chi connectivity index (χ3n) is 3.21. The molecular weight excluding hydrogens is 167 g/mol. The zero-order valence-electron chi connectivity index (χ0n) is 9.72. The highest BCUT2D eigenvalue weighted by molar-refractivity contribution is 6.59. The van der Waals surface area contributed by atoms with E-state index in [0.29, 0.717) is 0 Å². The second-order valence-corrected chi connectivity index (χ2v) is 4.16. The Hall–Kier alpha value is -0.715. The Morgan fingerprint density at radius 1 is 1.21 bits per heavy atom. The minimum absolute atomic E-state index is 0.875. The summed E-state index contributed by atoms with van der Waals surface area (Å²) in [6.45, 7) is 7.71. The summed E-state index contributed by atoms with van der Waals surface area (Å²) in [6.07, 6.45) is 13.9. The molecule has 1 aliphatic rings. The molecule has 14 heavy (non-hydrogen) atoms. The van der Waals surface area contributed by atoms with E-state index in [4.69, 9.17) is 0 Å². The molecule has 0 unspecified atom stereocenters. The van der Waals surface area contributed by atoms with Gasteiger partial charge in [-0.1, -0.05) is 68.3 Å². The Morgan fingerprint density at radius 3 is 2.57 bits per heavy atom. The number of hydrogen-bond donors (Lipinski definition) is 0. The molecule has 0 atom stereocenters. The van der Waals surface area contributed by atoms with E-state index in [2.05, 4.69) is 45.1 Å². The summed E-state index contributed by atoms with van der Waals surface area (Å²) in [5, 5.41) is 0. The van der Waals surface area contributed by atoms with E-state index in [1.165, 1.54) is 24.5 Å². The van der Waals surface area contributed by atoms with Crippen LogP contribution < -0.4 is 0 Å². The van der Waals surface area contributed by atoms with Crippen molar-refractivity contribution in [2.75, 3.05) is 0 Å². The van der Waals surface area contributed by atoms with Crippen LogP contribution in [0.3, 0.4) is 0 Å². The largest absolute Gasteiger partial charge is 0.143 e. The van der Waals surface area contributed by atoms with Crippen LogP contribution in [0.1, 0.15) is 27.2 Å². The van der Waals surface area contributed by atoms with Crippen molar-refractivity contribution in [3.05, 3.63) is 35.5 Å². The fourth-order valence-electron chi connectivity index (χ4n) is 1.94. The number of rotatable bonds is 4. The van der Waals surface area contributed by atoms with Crippen molar-refractivity contribution in [3.8, 4) is 0 Å². The fraction of sp³-hybridized carbons (Fsp3) is 0.538. The molecule has 76 valence electrons. The van der Waals surface area contributed by atoms with Gasteiger partial charge in [0.2, 0.25) is 0 Å². The van der Waals surface area contributed by atoms with Gasteiger partial charge in [0.25, 0.3) is 0 Å². The summed E-state index contributed by atoms with van der Waals surface area (Å²) in [5.41, 5.74) is 3.10. The number of allylic oxidation sites excluding steroid dienone is 6. The monoisotopic (exact) mass is 188 g/mol. The first-order valence-corrected chi connectivity index (χ1v) is 5.79. The van der Waals surface area contributed by atoms with Crippen molar-refractivity contribution in [2.45, 2.75) is 46.2 Å². The maximum absolute atomic E-state index is 2.30. The van der Waals surface area contributed by atoms with E-state index in [-0.39, 0.29) is 0 Å². The van der Waals surface area contributed by atoms with Gasteiger partial charge >= 0.3 is 0 Å². The molecule has 0 heterocycles. The average molecular weight is 188 g/mol. The van der Waals surface area contributed by atoms with Crippen LogP contribution in [0.25, 0.3) is 0 Å². The van der Waals surface area contributed by atoms with Crippen molar-refractivity contribution in [1.29, 1.82) is 0 Å². The Bertz CT molecular complexity index is 254. The van der Waals surface area contributed by atoms with Crippen LogP contribution in [0.15, 0.2) is 35.5 Å². The summed E-state index contributed by atoms with van der Waals surface area (Å²) in [6, 6.07) is 0. The van der Waals surface area contributed by atoms with Gasteiger partial charge in [-0.25, -0.2) is 0 Å². The highest BCUT2D eigenvalue weighted by Crippen LogP contribution is 2.22. The van der Waals surface area contributed by atoms with Gasteiger partial charge in [-0.05, 0) is 13.3 Å². The van der Waals surface area contributed by atoms with Crippen molar-refractivity contribution >= 4 is 6.71 Å². The van der Waals surface area contributed by atoms with Gasteiger partial charge in [-0.15, -0.1) is 0 Å². The first kappa shape index (κ1) is 11.4. The minimum atomic E-state index is 0.875. The molecule has 0 radical (unpaired) electrons. The predicted octanol–water partition coefficient (Wildman–Crippen LogP) is 4.35. The Morgan fingerprint density at radius 2 is 1.93 bits per heavy atom. The molecule has 0 saturated carbocycles. The second kappa shape index (κ2) is 5.90. The number of hydrogen-bond acceptors (Lipinski definition) is 0. The van der Waals surface area contributed by atoms with Crippen molar-refractivity contribution in [3.63, 3.8) is 0 Å². The molecule has 0 saturated heterocycles. The predicted molar refractivity (Wildman–Crippen MR) is 67.1 cm³/mol. The van der Waals surface area contributed by atoms with Crippen LogP contribution in [0, 0.1) is 0 Å². The summed E-state index contributed by atoms with van der Waals surface area (Å²) < 4.78 is 0. The molecule has 0 aliphatic heterocycles. The van der Waals surface area contributed by atoms with Crippen molar-refractivity contribution in [2.24, 2.45) is 0 Å². The first-order valence-electron chi connectivity index (χ1n) is 5.79. The quantitative estimate of drug-likeness (QED) is 0.575. The SMILES string of the molecule is CCB(CC)CC1=C(C)C=CC=CC1. The van der Waals surface area contributed by atoms with Gasteiger partial charge in [0.05, 0.1) is 0 Å². The maximum Gasteiger partial charge on any atom is 0.143 e. The minimum Gasteiger partial charge on any atom is -0.0805 e.